The first kappa shape index (κ1) is 12.4. The molecule has 1 amide bonds. The van der Waals surface area contributed by atoms with Crippen molar-refractivity contribution in [3.8, 4) is 0 Å². The molecule has 1 unspecified atom stereocenters. The Hall–Kier alpha value is -1.62. The van der Waals surface area contributed by atoms with Gasteiger partial charge in [0.15, 0.2) is 0 Å². The number of hydrogen-bond acceptors (Lipinski definition) is 4. The lowest BCUT2D eigenvalue weighted by Gasteiger charge is -2.24. The summed E-state index contributed by atoms with van der Waals surface area (Å²) >= 11 is 0. The van der Waals surface area contributed by atoms with Crippen molar-refractivity contribution in [1.29, 1.82) is 0 Å². The highest BCUT2D eigenvalue weighted by Gasteiger charge is 2.17. The monoisotopic (exact) mass is 224 g/mol. The van der Waals surface area contributed by atoms with E-state index in [4.69, 9.17) is 9.84 Å². The van der Waals surface area contributed by atoms with Crippen molar-refractivity contribution >= 4 is 6.09 Å². The summed E-state index contributed by atoms with van der Waals surface area (Å²) < 4.78 is 4.82. The topological polar surface area (TPSA) is 62.7 Å². The van der Waals surface area contributed by atoms with Crippen molar-refractivity contribution in [3.63, 3.8) is 0 Å². The van der Waals surface area contributed by atoms with Crippen LogP contribution in [0.1, 0.15) is 18.5 Å². The number of amides is 1. The summed E-state index contributed by atoms with van der Waals surface area (Å²) in [6.07, 6.45) is 2.91. The summed E-state index contributed by atoms with van der Waals surface area (Å²) in [5.74, 6) is 0. The summed E-state index contributed by atoms with van der Waals surface area (Å²) in [5.41, 5.74) is 0.985. The van der Waals surface area contributed by atoms with Gasteiger partial charge in [-0.3, -0.25) is 4.98 Å². The Morgan fingerprint density at radius 3 is 2.75 bits per heavy atom. The molecule has 1 rings (SSSR count). The third-order valence-electron chi connectivity index (χ3n) is 2.37. The maximum absolute atomic E-state index is 11.5. The van der Waals surface area contributed by atoms with E-state index in [1.807, 2.05) is 19.1 Å². The fourth-order valence-electron chi connectivity index (χ4n) is 1.26. The highest BCUT2D eigenvalue weighted by Crippen LogP contribution is 2.17. The number of pyridine rings is 1. The number of aliphatic hydroxyl groups is 1. The van der Waals surface area contributed by atoms with Crippen LogP contribution in [-0.4, -0.2) is 41.3 Å². The number of aliphatic hydroxyl groups excluding tert-OH is 1. The van der Waals surface area contributed by atoms with Crippen LogP contribution < -0.4 is 0 Å². The molecule has 1 heterocycles. The number of aromatic nitrogens is 1. The predicted molar refractivity (Wildman–Crippen MR) is 58.8 cm³/mol. The number of ether oxygens (including phenoxy) is 1. The van der Waals surface area contributed by atoms with Gasteiger partial charge >= 0.3 is 6.09 Å². The summed E-state index contributed by atoms with van der Waals surface area (Å²) in [6.45, 7) is 1.75. The standard InChI is InChI=1S/C11H16N2O3/c1-9(10-3-5-12-6-4-10)13(2)11(15)16-8-7-14/h3-6,9,14H,7-8H2,1-2H3. The molecular formula is C11H16N2O3. The summed E-state index contributed by atoms with van der Waals surface area (Å²) in [6, 6.07) is 3.61. The molecule has 5 heteroatoms. The molecule has 0 aliphatic carbocycles. The first-order valence-electron chi connectivity index (χ1n) is 5.07. The lowest BCUT2D eigenvalue weighted by Crippen LogP contribution is -2.30. The number of hydrogen-bond donors (Lipinski definition) is 1. The van der Waals surface area contributed by atoms with Gasteiger partial charge < -0.3 is 14.7 Å². The van der Waals surface area contributed by atoms with E-state index in [-0.39, 0.29) is 19.3 Å². The van der Waals surface area contributed by atoms with Crippen LogP contribution in [0.4, 0.5) is 4.79 Å². The molecular weight excluding hydrogens is 208 g/mol. The Balaban J connectivity index is 2.60. The van der Waals surface area contributed by atoms with Gasteiger partial charge in [0.1, 0.15) is 6.61 Å². The van der Waals surface area contributed by atoms with E-state index in [0.717, 1.165) is 5.56 Å². The minimum atomic E-state index is -0.446. The third-order valence-corrected chi connectivity index (χ3v) is 2.37. The van der Waals surface area contributed by atoms with Crippen LogP contribution in [0, 0.1) is 0 Å². The molecule has 0 aliphatic rings. The second kappa shape index (κ2) is 6.07. The van der Waals surface area contributed by atoms with Gasteiger partial charge in [0.05, 0.1) is 12.6 Å². The zero-order valence-electron chi connectivity index (χ0n) is 9.46. The van der Waals surface area contributed by atoms with Crippen molar-refractivity contribution < 1.29 is 14.6 Å². The van der Waals surface area contributed by atoms with Gasteiger partial charge in [-0.2, -0.15) is 0 Å². The Morgan fingerprint density at radius 1 is 1.56 bits per heavy atom. The summed E-state index contributed by atoms with van der Waals surface area (Å²) in [4.78, 5) is 16.9. The van der Waals surface area contributed by atoms with E-state index in [1.54, 1.807) is 19.4 Å². The number of nitrogens with zero attached hydrogens (tertiary/aromatic N) is 2. The fraction of sp³-hybridized carbons (Fsp3) is 0.455. The summed E-state index contributed by atoms with van der Waals surface area (Å²) in [7, 11) is 1.66. The van der Waals surface area contributed by atoms with Crippen molar-refractivity contribution in [1.82, 2.24) is 9.88 Å². The van der Waals surface area contributed by atoms with E-state index in [9.17, 15) is 4.79 Å². The zero-order valence-corrected chi connectivity index (χ0v) is 9.46. The van der Waals surface area contributed by atoms with Crippen LogP contribution in [0.2, 0.25) is 0 Å². The first-order valence-corrected chi connectivity index (χ1v) is 5.07. The second-order valence-electron chi connectivity index (χ2n) is 3.41. The largest absolute Gasteiger partial charge is 0.447 e. The fourth-order valence-corrected chi connectivity index (χ4v) is 1.26. The maximum Gasteiger partial charge on any atom is 0.410 e. The molecule has 0 saturated heterocycles. The Kier molecular flexibility index (Phi) is 4.72. The van der Waals surface area contributed by atoms with Crippen LogP contribution in [0.15, 0.2) is 24.5 Å². The average Bonchev–Trinajstić information content (AvgIpc) is 2.35. The Labute approximate surface area is 94.7 Å². The van der Waals surface area contributed by atoms with Crippen molar-refractivity contribution in [2.24, 2.45) is 0 Å². The van der Waals surface area contributed by atoms with Crippen LogP contribution >= 0.6 is 0 Å². The lowest BCUT2D eigenvalue weighted by molar-refractivity contribution is 0.0819. The average molecular weight is 224 g/mol. The van der Waals surface area contributed by atoms with Crippen molar-refractivity contribution in [3.05, 3.63) is 30.1 Å². The molecule has 0 bridgehead atoms. The van der Waals surface area contributed by atoms with Crippen LogP contribution in [0.25, 0.3) is 0 Å². The van der Waals surface area contributed by atoms with E-state index in [2.05, 4.69) is 4.98 Å². The normalized spacial score (nSPS) is 11.9. The zero-order chi connectivity index (χ0) is 12.0. The van der Waals surface area contributed by atoms with Gasteiger partial charge in [0.25, 0.3) is 0 Å². The van der Waals surface area contributed by atoms with Crippen molar-refractivity contribution in [2.75, 3.05) is 20.3 Å². The molecule has 1 aromatic rings. The molecule has 0 radical (unpaired) electrons. The SMILES string of the molecule is CC(c1ccncc1)N(C)C(=O)OCCO. The predicted octanol–water partition coefficient (Wildman–Crippen LogP) is 1.20. The molecule has 0 spiro atoms. The molecule has 1 atom stereocenters. The van der Waals surface area contributed by atoms with E-state index in [0.29, 0.717) is 0 Å². The molecule has 0 fully saturated rings. The van der Waals surface area contributed by atoms with Gasteiger partial charge in [0.2, 0.25) is 0 Å². The van der Waals surface area contributed by atoms with Crippen molar-refractivity contribution in [2.45, 2.75) is 13.0 Å². The smallest absolute Gasteiger partial charge is 0.410 e. The summed E-state index contributed by atoms with van der Waals surface area (Å²) in [5, 5.41) is 8.55. The van der Waals surface area contributed by atoms with Gasteiger partial charge in [0, 0.05) is 19.4 Å². The highest BCUT2D eigenvalue weighted by molar-refractivity contribution is 5.67. The molecule has 88 valence electrons. The minimum Gasteiger partial charge on any atom is -0.447 e. The van der Waals surface area contributed by atoms with Crippen LogP contribution in [-0.2, 0) is 4.74 Å². The minimum absolute atomic E-state index is 0.0201. The van der Waals surface area contributed by atoms with Gasteiger partial charge in [-0.25, -0.2) is 4.79 Å². The Bertz CT molecular complexity index is 329. The first-order chi connectivity index (χ1) is 7.66. The molecule has 1 aromatic heterocycles. The van der Waals surface area contributed by atoms with E-state index >= 15 is 0 Å². The molecule has 16 heavy (non-hydrogen) atoms. The molecule has 0 aromatic carbocycles. The van der Waals surface area contributed by atoms with Gasteiger partial charge in [-0.15, -0.1) is 0 Å². The van der Waals surface area contributed by atoms with Gasteiger partial charge in [-0.1, -0.05) is 0 Å². The second-order valence-corrected chi connectivity index (χ2v) is 3.41. The molecule has 5 nitrogen and oxygen atoms in total. The highest BCUT2D eigenvalue weighted by atomic mass is 16.6. The third kappa shape index (κ3) is 3.20. The van der Waals surface area contributed by atoms with Crippen LogP contribution in [0.5, 0.6) is 0 Å². The van der Waals surface area contributed by atoms with E-state index in [1.165, 1.54) is 4.90 Å². The van der Waals surface area contributed by atoms with E-state index < -0.39 is 6.09 Å². The number of carbonyl (C=O) groups excluding carboxylic acids is 1. The quantitative estimate of drug-likeness (QED) is 0.834. The lowest BCUT2D eigenvalue weighted by atomic mass is 10.1. The molecule has 0 aliphatic heterocycles. The molecule has 1 N–H and O–H groups in total. The Morgan fingerprint density at radius 2 is 2.19 bits per heavy atom. The van der Waals surface area contributed by atoms with Crippen LogP contribution in [0.3, 0.4) is 0 Å². The number of rotatable bonds is 4. The number of carbonyl (C=O) groups is 1. The molecule has 0 saturated carbocycles. The van der Waals surface area contributed by atoms with Gasteiger partial charge in [-0.05, 0) is 24.6 Å². The maximum atomic E-state index is 11.5.